The minimum atomic E-state index is -4.12. The zero-order chi connectivity index (χ0) is 25.6. The molecule has 3 aromatic carbocycles. The topological polar surface area (TPSA) is 107 Å². The van der Waals surface area contributed by atoms with E-state index >= 15 is 0 Å². The largest absolute Gasteiger partial charge is 0.486 e. The molecule has 0 spiro atoms. The molecule has 6 rings (SSSR count). The highest BCUT2D eigenvalue weighted by atomic mass is 32.2. The number of nitrogens with zero attached hydrogens (tertiary/aromatic N) is 1. The molecule has 0 bridgehead atoms. The van der Waals surface area contributed by atoms with Crippen LogP contribution in [0.1, 0.15) is 11.1 Å². The van der Waals surface area contributed by atoms with Gasteiger partial charge in [0, 0.05) is 30.1 Å². The van der Waals surface area contributed by atoms with Crippen LogP contribution in [0.5, 0.6) is 23.0 Å². The third kappa shape index (κ3) is 4.47. The lowest BCUT2D eigenvalue weighted by Crippen LogP contribution is -2.32. The van der Waals surface area contributed by atoms with Crippen molar-refractivity contribution in [2.45, 2.75) is 18.0 Å². The third-order valence-corrected chi connectivity index (χ3v) is 7.98. The summed E-state index contributed by atoms with van der Waals surface area (Å²) in [7, 11) is -4.12. The molecule has 1 N–H and O–H groups in total. The Bertz CT molecular complexity index is 1670. The molecule has 0 aliphatic carbocycles. The van der Waals surface area contributed by atoms with Gasteiger partial charge in [-0.2, -0.15) is 4.31 Å². The van der Waals surface area contributed by atoms with Crippen molar-refractivity contribution >= 4 is 20.9 Å². The van der Waals surface area contributed by atoms with Gasteiger partial charge in [0.1, 0.15) is 19.0 Å². The number of H-pyrrole nitrogens is 1. The summed E-state index contributed by atoms with van der Waals surface area (Å²) < 4.78 is 64.0. The fraction of sp³-hybridized carbons (Fsp3) is 0.192. The molecule has 1 aromatic heterocycles. The molecular weight excluding hydrogens is 503 g/mol. The zero-order valence-corrected chi connectivity index (χ0v) is 20.2. The summed E-state index contributed by atoms with van der Waals surface area (Å²) in [5.41, 5.74) is 0.971. The Balaban J connectivity index is 1.40. The molecular formula is C26H21FN2O7S. The van der Waals surface area contributed by atoms with Crippen LogP contribution in [0, 0.1) is 5.82 Å². The molecule has 0 radical (unpaired) electrons. The molecule has 11 heteroatoms. The van der Waals surface area contributed by atoms with Crippen LogP contribution in [-0.4, -0.2) is 37.7 Å². The van der Waals surface area contributed by atoms with Crippen molar-refractivity contribution in [1.82, 2.24) is 9.29 Å². The number of sulfonamides is 1. The summed E-state index contributed by atoms with van der Waals surface area (Å²) in [6, 6.07) is 14.8. The van der Waals surface area contributed by atoms with E-state index in [-0.39, 0.29) is 30.3 Å². The number of hydrogen-bond donors (Lipinski definition) is 1. The molecule has 0 fully saturated rings. The maximum atomic E-state index is 13.7. The Hall–Kier alpha value is -4.09. The van der Waals surface area contributed by atoms with Crippen molar-refractivity contribution in [3.8, 4) is 23.0 Å². The molecule has 2 aliphatic rings. The van der Waals surface area contributed by atoms with Gasteiger partial charge in [-0.05, 0) is 54.1 Å². The number of nitrogens with one attached hydrogen (secondary N) is 1. The third-order valence-electron chi connectivity index (χ3n) is 6.18. The monoisotopic (exact) mass is 524 g/mol. The maximum Gasteiger partial charge on any atom is 0.252 e. The van der Waals surface area contributed by atoms with Crippen LogP contribution in [0.4, 0.5) is 4.39 Å². The summed E-state index contributed by atoms with van der Waals surface area (Å²) in [6.07, 6.45) is 0. The van der Waals surface area contributed by atoms with E-state index in [2.05, 4.69) is 4.98 Å². The van der Waals surface area contributed by atoms with E-state index in [9.17, 15) is 17.6 Å². The highest BCUT2D eigenvalue weighted by molar-refractivity contribution is 7.89. The molecule has 0 unspecified atom stereocenters. The fourth-order valence-corrected chi connectivity index (χ4v) is 5.73. The van der Waals surface area contributed by atoms with Gasteiger partial charge in [-0.3, -0.25) is 4.79 Å². The lowest BCUT2D eigenvalue weighted by Gasteiger charge is -2.23. The van der Waals surface area contributed by atoms with Crippen molar-refractivity contribution in [3.63, 3.8) is 0 Å². The Morgan fingerprint density at radius 2 is 1.51 bits per heavy atom. The molecule has 9 nitrogen and oxygen atoms in total. The van der Waals surface area contributed by atoms with E-state index in [1.54, 1.807) is 36.4 Å². The van der Waals surface area contributed by atoms with Crippen molar-refractivity contribution < 1.29 is 31.8 Å². The van der Waals surface area contributed by atoms with Crippen LogP contribution in [0.3, 0.4) is 0 Å². The van der Waals surface area contributed by atoms with Crippen molar-refractivity contribution in [1.29, 1.82) is 0 Å². The molecule has 2 aliphatic heterocycles. The number of hydrogen-bond acceptors (Lipinski definition) is 7. The second-order valence-corrected chi connectivity index (χ2v) is 10.6. The van der Waals surface area contributed by atoms with Crippen LogP contribution in [0.2, 0.25) is 0 Å². The average molecular weight is 525 g/mol. The first kappa shape index (κ1) is 23.3. The Labute approximate surface area is 211 Å². The van der Waals surface area contributed by atoms with E-state index in [0.717, 1.165) is 12.1 Å². The summed E-state index contributed by atoms with van der Waals surface area (Å²) in [5.74, 6) is 1.60. The van der Waals surface area contributed by atoms with Gasteiger partial charge in [0.15, 0.2) is 23.0 Å². The van der Waals surface area contributed by atoms with Gasteiger partial charge in [0.2, 0.25) is 16.8 Å². The van der Waals surface area contributed by atoms with Crippen LogP contribution >= 0.6 is 0 Å². The van der Waals surface area contributed by atoms with Crippen LogP contribution in [0.25, 0.3) is 10.9 Å². The normalized spacial score (nSPS) is 14.3. The molecule has 0 amide bonds. The van der Waals surface area contributed by atoms with Gasteiger partial charge in [0.25, 0.3) is 5.56 Å². The van der Waals surface area contributed by atoms with Crippen LogP contribution in [0.15, 0.2) is 70.4 Å². The van der Waals surface area contributed by atoms with Gasteiger partial charge in [-0.15, -0.1) is 0 Å². The molecule has 0 atom stereocenters. The minimum Gasteiger partial charge on any atom is -0.486 e. The van der Waals surface area contributed by atoms with E-state index in [4.69, 9.17) is 18.9 Å². The minimum absolute atomic E-state index is 0.0605. The number of aromatic nitrogens is 1. The van der Waals surface area contributed by atoms with Crippen molar-refractivity contribution in [2.75, 3.05) is 20.0 Å². The number of pyridine rings is 1. The summed E-state index contributed by atoms with van der Waals surface area (Å²) in [4.78, 5) is 15.7. The van der Waals surface area contributed by atoms with E-state index < -0.39 is 21.4 Å². The first-order valence-electron chi connectivity index (χ1n) is 11.5. The summed E-state index contributed by atoms with van der Waals surface area (Å²) in [6.45, 7) is 0.620. The quantitative estimate of drug-likeness (QED) is 0.411. The molecule has 4 aromatic rings. The molecule has 3 heterocycles. The molecule has 0 saturated heterocycles. The van der Waals surface area contributed by atoms with Gasteiger partial charge in [-0.25, -0.2) is 12.8 Å². The summed E-state index contributed by atoms with van der Waals surface area (Å²) >= 11 is 0. The number of benzene rings is 3. The predicted octanol–water partition coefficient (Wildman–Crippen LogP) is 3.56. The Morgan fingerprint density at radius 1 is 0.811 bits per heavy atom. The molecule has 0 saturated carbocycles. The first-order valence-corrected chi connectivity index (χ1v) is 12.9. The van der Waals surface area contributed by atoms with E-state index in [0.29, 0.717) is 52.7 Å². The SMILES string of the molecule is O=c1[nH]c2cc3c(cc2cc1CN(Cc1ccc2c(c1)OCO2)S(=O)(=O)c1ccc(F)cc1)OCCO3. The van der Waals surface area contributed by atoms with Gasteiger partial charge >= 0.3 is 0 Å². The zero-order valence-electron chi connectivity index (χ0n) is 19.4. The van der Waals surface area contributed by atoms with E-state index in [1.807, 2.05) is 0 Å². The number of halogens is 1. The lowest BCUT2D eigenvalue weighted by molar-refractivity contribution is 0.172. The number of fused-ring (bicyclic) bond motifs is 3. The van der Waals surface area contributed by atoms with Crippen molar-refractivity contribution in [3.05, 3.63) is 88.0 Å². The lowest BCUT2D eigenvalue weighted by atomic mass is 10.1. The molecule has 190 valence electrons. The van der Waals surface area contributed by atoms with Gasteiger partial charge in [-0.1, -0.05) is 6.07 Å². The maximum absolute atomic E-state index is 13.7. The Kier molecular flexibility index (Phi) is 5.73. The first-order chi connectivity index (χ1) is 17.9. The standard InChI is InChI=1S/C26H21FN2O7S/c27-19-2-4-20(5-3-19)37(31,32)29(13-16-1-6-22-23(9-16)36-15-35-22)14-18-10-17-11-24-25(34-8-7-33-24)12-21(17)28-26(18)30/h1-6,9-12H,7-8,13-15H2,(H,28,30). The van der Waals surface area contributed by atoms with E-state index in [1.165, 1.54) is 16.4 Å². The second kappa shape index (κ2) is 9.09. The predicted molar refractivity (Wildman–Crippen MR) is 131 cm³/mol. The second-order valence-electron chi connectivity index (χ2n) is 8.62. The van der Waals surface area contributed by atoms with Crippen LogP contribution in [-0.2, 0) is 23.1 Å². The number of rotatable bonds is 6. The number of aromatic amines is 1. The Morgan fingerprint density at radius 3 is 2.30 bits per heavy atom. The smallest absolute Gasteiger partial charge is 0.252 e. The number of ether oxygens (including phenoxy) is 4. The van der Waals surface area contributed by atoms with Crippen LogP contribution < -0.4 is 24.5 Å². The average Bonchev–Trinajstić information content (AvgIpc) is 3.36. The highest BCUT2D eigenvalue weighted by Crippen LogP contribution is 2.35. The van der Waals surface area contributed by atoms with Gasteiger partial charge in [0.05, 0.1) is 10.4 Å². The van der Waals surface area contributed by atoms with Crippen molar-refractivity contribution in [2.24, 2.45) is 0 Å². The van der Waals surface area contributed by atoms with Gasteiger partial charge < -0.3 is 23.9 Å². The molecule has 37 heavy (non-hydrogen) atoms. The fourth-order valence-electron chi connectivity index (χ4n) is 4.32. The summed E-state index contributed by atoms with van der Waals surface area (Å²) in [5, 5.41) is 0.668. The highest BCUT2D eigenvalue weighted by Gasteiger charge is 2.27.